The van der Waals surface area contributed by atoms with Gasteiger partial charge in [-0.25, -0.2) is 0 Å². The maximum atomic E-state index is 9.61. The van der Waals surface area contributed by atoms with Crippen LogP contribution in [-0.2, 0) is 0 Å². The van der Waals surface area contributed by atoms with Crippen LogP contribution in [0.25, 0.3) is 0 Å². The summed E-state index contributed by atoms with van der Waals surface area (Å²) in [5, 5.41) is 19.2. The van der Waals surface area contributed by atoms with Crippen molar-refractivity contribution in [3.63, 3.8) is 0 Å². The summed E-state index contributed by atoms with van der Waals surface area (Å²) >= 11 is 0. The Morgan fingerprint density at radius 3 is 1.06 bits per heavy atom. The van der Waals surface area contributed by atoms with Gasteiger partial charge in [-0.15, -0.1) is 0 Å². The van der Waals surface area contributed by atoms with E-state index in [0.717, 1.165) is 74.2 Å². The van der Waals surface area contributed by atoms with Crippen LogP contribution in [-0.4, -0.2) is 0 Å². The molecule has 7 heteroatoms. The molecule has 0 fully saturated rings. The smallest absolute Gasteiger partial charge is 0.151 e. The number of nitrogens with zero attached hydrogens (tertiary/aromatic N) is 5. The highest BCUT2D eigenvalue weighted by atomic mass is 16.5. The molecule has 2 aliphatic rings. The van der Waals surface area contributed by atoms with Gasteiger partial charge in [0, 0.05) is 11.4 Å². The average molecular weight is 658 g/mol. The van der Waals surface area contributed by atoms with Gasteiger partial charge in [-0.1, -0.05) is 48.5 Å². The number of para-hydroxylation sites is 8. The molecule has 0 saturated carbocycles. The number of anilines is 9. The van der Waals surface area contributed by atoms with Crippen molar-refractivity contribution in [3.8, 4) is 35.1 Å². The third-order valence-electron chi connectivity index (χ3n) is 9.04. The monoisotopic (exact) mass is 657 g/mol. The Morgan fingerprint density at radius 1 is 0.392 bits per heavy atom. The van der Waals surface area contributed by atoms with Crippen LogP contribution in [0.5, 0.6) is 23.0 Å². The Hall–Kier alpha value is -7.48. The van der Waals surface area contributed by atoms with E-state index in [1.165, 1.54) is 0 Å². The largest absolute Gasteiger partial charge is 0.453 e. The third-order valence-corrected chi connectivity index (χ3v) is 9.04. The van der Waals surface area contributed by atoms with E-state index in [-0.39, 0.29) is 0 Å². The quantitative estimate of drug-likeness (QED) is 0.182. The van der Waals surface area contributed by atoms with Crippen molar-refractivity contribution >= 4 is 51.2 Å². The van der Waals surface area contributed by atoms with E-state index in [9.17, 15) is 10.5 Å². The van der Waals surface area contributed by atoms with Crippen LogP contribution >= 0.6 is 0 Å². The number of ether oxygens (including phenoxy) is 2. The predicted molar refractivity (Wildman–Crippen MR) is 200 cm³/mol. The zero-order valence-corrected chi connectivity index (χ0v) is 27.1. The van der Waals surface area contributed by atoms with Crippen LogP contribution in [0.2, 0.25) is 0 Å². The average Bonchev–Trinajstić information content (AvgIpc) is 3.19. The van der Waals surface area contributed by atoms with Crippen molar-refractivity contribution in [2.24, 2.45) is 0 Å². The summed E-state index contributed by atoms with van der Waals surface area (Å²) in [5.41, 5.74) is 9.14. The molecule has 0 amide bonds. The van der Waals surface area contributed by atoms with Gasteiger partial charge in [0.1, 0.15) is 0 Å². The summed E-state index contributed by atoms with van der Waals surface area (Å²) in [6, 6.07) is 58.2. The summed E-state index contributed by atoms with van der Waals surface area (Å²) in [6.07, 6.45) is 0. The third kappa shape index (κ3) is 5.14. The lowest BCUT2D eigenvalue weighted by Crippen LogP contribution is -2.19. The van der Waals surface area contributed by atoms with Gasteiger partial charge in [0.05, 0.1) is 63.1 Å². The fourth-order valence-corrected chi connectivity index (χ4v) is 6.75. The van der Waals surface area contributed by atoms with Crippen molar-refractivity contribution in [2.45, 2.75) is 0 Å². The second kappa shape index (κ2) is 12.2. The molecule has 9 rings (SSSR count). The maximum Gasteiger partial charge on any atom is 0.151 e. The number of nitriles is 2. The van der Waals surface area contributed by atoms with Crippen LogP contribution in [0.3, 0.4) is 0 Å². The van der Waals surface area contributed by atoms with Crippen molar-refractivity contribution in [1.82, 2.24) is 0 Å². The first-order valence-corrected chi connectivity index (χ1v) is 16.5. The summed E-state index contributed by atoms with van der Waals surface area (Å²) in [7, 11) is 0. The van der Waals surface area contributed by atoms with Gasteiger partial charge < -0.3 is 24.2 Å². The number of fused-ring (bicyclic) bond motifs is 4. The molecule has 0 radical (unpaired) electrons. The molecule has 2 aliphatic heterocycles. The van der Waals surface area contributed by atoms with Crippen molar-refractivity contribution in [2.75, 3.05) is 14.7 Å². The normalized spacial score (nSPS) is 12.1. The molecular weight excluding hydrogens is 631 g/mol. The zero-order valence-electron chi connectivity index (χ0n) is 27.1. The standard InChI is InChI=1S/C44H27N5O2/c45-28-30-17-21-32(22-18-30)47(33-23-19-31(29-46)20-24-33)34-25-35(48-37-9-1-5-13-41(37)50-42-14-6-2-10-38(42)48)27-36(26-34)49-39-11-3-7-15-43(39)51-44-16-8-4-12-40(44)49/h1-27H. The first kappa shape index (κ1) is 29.6. The van der Waals surface area contributed by atoms with Gasteiger partial charge in [-0.05, 0) is 115 Å². The number of hydrogen-bond acceptors (Lipinski definition) is 7. The molecule has 0 atom stereocenters. The second-order valence-corrected chi connectivity index (χ2v) is 12.1. The fraction of sp³-hybridized carbons (Fsp3) is 0. The van der Waals surface area contributed by atoms with E-state index in [1.807, 2.05) is 121 Å². The summed E-state index contributed by atoms with van der Waals surface area (Å²) in [5.74, 6) is 3.00. The summed E-state index contributed by atoms with van der Waals surface area (Å²) in [6.45, 7) is 0. The van der Waals surface area contributed by atoms with E-state index < -0.39 is 0 Å². The maximum absolute atomic E-state index is 9.61. The highest BCUT2D eigenvalue weighted by molar-refractivity contribution is 5.94. The number of rotatable bonds is 5. The molecule has 51 heavy (non-hydrogen) atoms. The highest BCUT2D eigenvalue weighted by Gasteiger charge is 2.30. The zero-order chi connectivity index (χ0) is 34.3. The lowest BCUT2D eigenvalue weighted by Gasteiger charge is -2.37. The van der Waals surface area contributed by atoms with Gasteiger partial charge in [0.15, 0.2) is 23.0 Å². The van der Waals surface area contributed by atoms with E-state index in [0.29, 0.717) is 11.1 Å². The Morgan fingerprint density at radius 2 is 0.725 bits per heavy atom. The lowest BCUT2D eigenvalue weighted by atomic mass is 10.1. The molecule has 7 nitrogen and oxygen atoms in total. The summed E-state index contributed by atoms with van der Waals surface area (Å²) < 4.78 is 12.8. The molecule has 7 aromatic carbocycles. The van der Waals surface area contributed by atoms with E-state index in [1.54, 1.807) is 0 Å². The van der Waals surface area contributed by atoms with Gasteiger partial charge in [0.25, 0.3) is 0 Å². The fourth-order valence-electron chi connectivity index (χ4n) is 6.75. The minimum atomic E-state index is 0.566. The van der Waals surface area contributed by atoms with Gasteiger partial charge in [-0.2, -0.15) is 10.5 Å². The topological polar surface area (TPSA) is 75.8 Å². The molecule has 0 bridgehead atoms. The van der Waals surface area contributed by atoms with E-state index in [4.69, 9.17) is 9.47 Å². The molecule has 0 aromatic heterocycles. The molecule has 0 aliphatic carbocycles. The number of benzene rings is 7. The van der Waals surface area contributed by atoms with Crippen molar-refractivity contribution < 1.29 is 9.47 Å². The van der Waals surface area contributed by atoms with Gasteiger partial charge in [-0.3, -0.25) is 0 Å². The molecule has 0 spiro atoms. The van der Waals surface area contributed by atoms with Gasteiger partial charge in [0.2, 0.25) is 0 Å². The molecule has 2 heterocycles. The van der Waals surface area contributed by atoms with E-state index >= 15 is 0 Å². The SMILES string of the molecule is N#Cc1ccc(N(c2ccc(C#N)cc2)c2cc(N3c4ccccc4Oc4ccccc43)cc(N3c4ccccc4Oc4ccccc43)c2)cc1. The minimum Gasteiger partial charge on any atom is -0.453 e. The summed E-state index contributed by atoms with van der Waals surface area (Å²) in [4.78, 5) is 6.61. The van der Waals surface area contributed by atoms with Crippen LogP contribution in [0.4, 0.5) is 51.2 Å². The van der Waals surface area contributed by atoms with Crippen LogP contribution in [0.15, 0.2) is 164 Å². The van der Waals surface area contributed by atoms with E-state index in [2.05, 4.69) is 69.3 Å². The first-order valence-electron chi connectivity index (χ1n) is 16.5. The molecule has 0 N–H and O–H groups in total. The predicted octanol–water partition coefficient (Wildman–Crippen LogP) is 12.1. The Balaban J connectivity index is 1.34. The highest BCUT2D eigenvalue weighted by Crippen LogP contribution is 2.55. The van der Waals surface area contributed by atoms with Gasteiger partial charge >= 0.3 is 0 Å². The molecule has 0 saturated heterocycles. The van der Waals surface area contributed by atoms with Crippen molar-refractivity contribution in [3.05, 3.63) is 175 Å². The first-order chi connectivity index (χ1) is 25.2. The molecule has 7 aromatic rings. The van der Waals surface area contributed by atoms with Crippen LogP contribution in [0, 0.1) is 22.7 Å². The lowest BCUT2D eigenvalue weighted by molar-refractivity contribution is 0.477. The van der Waals surface area contributed by atoms with Crippen LogP contribution in [0.1, 0.15) is 11.1 Å². The second-order valence-electron chi connectivity index (χ2n) is 12.1. The minimum absolute atomic E-state index is 0.566. The van der Waals surface area contributed by atoms with Crippen LogP contribution < -0.4 is 24.2 Å². The van der Waals surface area contributed by atoms with Crippen molar-refractivity contribution in [1.29, 1.82) is 10.5 Å². The Bertz CT molecular complexity index is 2270. The Kier molecular flexibility index (Phi) is 7.09. The Labute approximate surface area is 295 Å². The molecule has 0 unspecified atom stereocenters. The molecular formula is C44H27N5O2. The molecule has 240 valence electrons. The number of hydrogen-bond donors (Lipinski definition) is 0.